The lowest BCUT2D eigenvalue weighted by atomic mass is 10.6. The van der Waals surface area contributed by atoms with Gasteiger partial charge in [0, 0.05) is 18.8 Å². The van der Waals surface area contributed by atoms with Crippen LogP contribution >= 0.6 is 0 Å². The summed E-state index contributed by atoms with van der Waals surface area (Å²) < 4.78 is 33.0. The van der Waals surface area contributed by atoms with Crippen molar-refractivity contribution in [2.45, 2.75) is 6.43 Å². The summed E-state index contributed by atoms with van der Waals surface area (Å²) >= 11 is 0. The molecule has 0 aliphatic heterocycles. The highest BCUT2D eigenvalue weighted by atomic mass is 19.3. The fraction of sp³-hybridized carbons (Fsp3) is 0.556. The Morgan fingerprint density at radius 1 is 1.50 bits per heavy atom. The molecule has 90 valence electrons. The summed E-state index contributed by atoms with van der Waals surface area (Å²) in [5, 5.41) is 2.82. The molecule has 0 aromatic carbocycles. The van der Waals surface area contributed by atoms with Crippen molar-refractivity contribution in [3.8, 4) is 5.88 Å². The van der Waals surface area contributed by atoms with Crippen LogP contribution in [0.2, 0.25) is 0 Å². The molecule has 1 heterocycles. The quantitative estimate of drug-likeness (QED) is 0.717. The lowest BCUT2D eigenvalue weighted by Gasteiger charge is -2.06. The zero-order valence-corrected chi connectivity index (χ0v) is 8.82. The minimum Gasteiger partial charge on any atom is -0.481 e. The van der Waals surface area contributed by atoms with Crippen LogP contribution in [0.15, 0.2) is 12.3 Å². The lowest BCUT2D eigenvalue weighted by Crippen LogP contribution is -2.14. The van der Waals surface area contributed by atoms with Crippen LogP contribution in [0.4, 0.5) is 14.7 Å². The van der Waals surface area contributed by atoms with Crippen molar-refractivity contribution in [3.63, 3.8) is 0 Å². The standard InChI is InChI=1S/C9H13F2N3O2/c1-15-8-2-3-12-9(14-8)13-4-5-16-6-7(10)11/h2-3,7H,4-6H2,1H3,(H,12,13,14). The van der Waals surface area contributed by atoms with Gasteiger partial charge in [-0.2, -0.15) is 4.98 Å². The molecule has 0 amide bonds. The molecule has 1 N–H and O–H groups in total. The zero-order valence-electron chi connectivity index (χ0n) is 8.82. The molecule has 1 aromatic heterocycles. The van der Waals surface area contributed by atoms with Gasteiger partial charge in [-0.3, -0.25) is 0 Å². The van der Waals surface area contributed by atoms with Gasteiger partial charge in [-0.1, -0.05) is 0 Å². The third kappa shape index (κ3) is 4.83. The number of anilines is 1. The van der Waals surface area contributed by atoms with Crippen LogP contribution in [0.1, 0.15) is 0 Å². The molecule has 7 heteroatoms. The van der Waals surface area contributed by atoms with Crippen molar-refractivity contribution < 1.29 is 18.3 Å². The Kier molecular flexibility index (Phi) is 5.41. The highest BCUT2D eigenvalue weighted by Gasteiger charge is 2.01. The molecule has 0 bridgehead atoms. The van der Waals surface area contributed by atoms with Gasteiger partial charge in [-0.15, -0.1) is 0 Å². The van der Waals surface area contributed by atoms with Gasteiger partial charge in [0.25, 0.3) is 6.43 Å². The van der Waals surface area contributed by atoms with E-state index in [1.165, 1.54) is 13.3 Å². The van der Waals surface area contributed by atoms with E-state index in [0.29, 0.717) is 18.4 Å². The molecule has 0 aliphatic carbocycles. The van der Waals surface area contributed by atoms with E-state index in [2.05, 4.69) is 20.0 Å². The predicted molar refractivity (Wildman–Crippen MR) is 53.9 cm³/mol. The molecule has 0 atom stereocenters. The smallest absolute Gasteiger partial charge is 0.261 e. The minimum absolute atomic E-state index is 0.172. The number of rotatable bonds is 7. The number of hydrogen-bond acceptors (Lipinski definition) is 5. The van der Waals surface area contributed by atoms with Crippen LogP contribution < -0.4 is 10.1 Å². The van der Waals surface area contributed by atoms with Gasteiger partial charge in [0.05, 0.1) is 13.7 Å². The monoisotopic (exact) mass is 233 g/mol. The number of ether oxygens (including phenoxy) is 2. The van der Waals surface area contributed by atoms with Crippen LogP contribution in [0.5, 0.6) is 5.88 Å². The first-order valence-electron chi connectivity index (χ1n) is 4.69. The predicted octanol–water partition coefficient (Wildman–Crippen LogP) is 1.18. The Balaban J connectivity index is 2.21. The van der Waals surface area contributed by atoms with Crippen molar-refractivity contribution >= 4 is 5.95 Å². The molecule has 5 nitrogen and oxygen atoms in total. The second-order valence-electron chi connectivity index (χ2n) is 2.82. The largest absolute Gasteiger partial charge is 0.481 e. The SMILES string of the molecule is COc1ccnc(NCCOCC(F)F)n1. The van der Waals surface area contributed by atoms with Gasteiger partial charge in [-0.05, 0) is 0 Å². The zero-order chi connectivity index (χ0) is 11.8. The third-order valence-electron chi connectivity index (χ3n) is 1.61. The minimum atomic E-state index is -2.44. The highest BCUT2D eigenvalue weighted by Crippen LogP contribution is 2.06. The first-order chi connectivity index (χ1) is 7.72. The molecule has 16 heavy (non-hydrogen) atoms. The van der Waals surface area contributed by atoms with E-state index in [4.69, 9.17) is 4.74 Å². The maximum atomic E-state index is 11.7. The summed E-state index contributed by atoms with van der Waals surface area (Å²) in [4.78, 5) is 7.89. The molecular formula is C9H13F2N3O2. The van der Waals surface area contributed by atoms with E-state index in [1.54, 1.807) is 6.07 Å². The first kappa shape index (κ1) is 12.6. The topological polar surface area (TPSA) is 56.3 Å². The molecule has 1 rings (SSSR count). The second-order valence-corrected chi connectivity index (χ2v) is 2.82. The Morgan fingerprint density at radius 3 is 3.00 bits per heavy atom. The Hall–Kier alpha value is -1.50. The average Bonchev–Trinajstić information content (AvgIpc) is 2.28. The van der Waals surface area contributed by atoms with Gasteiger partial charge in [-0.25, -0.2) is 13.8 Å². The van der Waals surface area contributed by atoms with Crippen LogP contribution in [0.25, 0.3) is 0 Å². The van der Waals surface area contributed by atoms with E-state index in [1.807, 2.05) is 0 Å². The van der Waals surface area contributed by atoms with Crippen molar-refractivity contribution in [1.82, 2.24) is 9.97 Å². The number of methoxy groups -OCH3 is 1. The molecule has 0 radical (unpaired) electrons. The lowest BCUT2D eigenvalue weighted by molar-refractivity contribution is 0.0214. The van der Waals surface area contributed by atoms with Crippen LogP contribution in [0.3, 0.4) is 0 Å². The number of hydrogen-bond donors (Lipinski definition) is 1. The second kappa shape index (κ2) is 6.89. The molecule has 0 saturated carbocycles. The maximum absolute atomic E-state index is 11.7. The molecule has 0 unspecified atom stereocenters. The summed E-state index contributed by atoms with van der Waals surface area (Å²) in [6, 6.07) is 1.61. The van der Waals surface area contributed by atoms with Crippen molar-refractivity contribution in [2.75, 3.05) is 32.2 Å². The van der Waals surface area contributed by atoms with E-state index in [0.717, 1.165) is 0 Å². The number of alkyl halides is 2. The van der Waals surface area contributed by atoms with Gasteiger partial charge < -0.3 is 14.8 Å². The molecule has 0 fully saturated rings. The fourth-order valence-electron chi connectivity index (χ4n) is 0.948. The number of halogens is 2. The number of aromatic nitrogens is 2. The molecular weight excluding hydrogens is 220 g/mol. The first-order valence-corrected chi connectivity index (χ1v) is 4.69. The Morgan fingerprint density at radius 2 is 2.31 bits per heavy atom. The van der Waals surface area contributed by atoms with Gasteiger partial charge in [0.1, 0.15) is 6.61 Å². The van der Waals surface area contributed by atoms with Crippen LogP contribution in [-0.2, 0) is 4.74 Å². The Bertz CT molecular complexity index is 313. The summed E-state index contributed by atoms with van der Waals surface area (Å²) in [6.07, 6.45) is -0.901. The Labute approximate surface area is 91.8 Å². The van der Waals surface area contributed by atoms with E-state index in [9.17, 15) is 8.78 Å². The maximum Gasteiger partial charge on any atom is 0.261 e. The van der Waals surface area contributed by atoms with Crippen molar-refractivity contribution in [1.29, 1.82) is 0 Å². The summed E-state index contributed by atoms with van der Waals surface area (Å²) in [6.45, 7) is -0.0224. The number of nitrogens with one attached hydrogen (secondary N) is 1. The molecule has 0 saturated heterocycles. The van der Waals surface area contributed by atoms with Crippen LogP contribution in [-0.4, -0.2) is 43.3 Å². The average molecular weight is 233 g/mol. The summed E-state index contributed by atoms with van der Waals surface area (Å²) in [5.74, 6) is 0.811. The van der Waals surface area contributed by atoms with Gasteiger partial charge in [0.15, 0.2) is 0 Å². The van der Waals surface area contributed by atoms with E-state index in [-0.39, 0.29) is 6.61 Å². The third-order valence-corrected chi connectivity index (χ3v) is 1.61. The summed E-state index contributed by atoms with van der Waals surface area (Å²) in [5.41, 5.74) is 0. The van der Waals surface area contributed by atoms with Crippen molar-refractivity contribution in [3.05, 3.63) is 12.3 Å². The van der Waals surface area contributed by atoms with E-state index < -0.39 is 13.0 Å². The normalized spacial score (nSPS) is 10.5. The molecule has 0 aliphatic rings. The number of nitrogens with zero attached hydrogens (tertiary/aromatic N) is 2. The van der Waals surface area contributed by atoms with E-state index >= 15 is 0 Å². The van der Waals surface area contributed by atoms with Gasteiger partial charge in [0.2, 0.25) is 11.8 Å². The highest BCUT2D eigenvalue weighted by molar-refractivity contribution is 5.26. The fourth-order valence-corrected chi connectivity index (χ4v) is 0.948. The molecule has 0 spiro atoms. The molecule has 1 aromatic rings. The van der Waals surface area contributed by atoms with Crippen molar-refractivity contribution in [2.24, 2.45) is 0 Å². The summed E-state index contributed by atoms with van der Waals surface area (Å²) in [7, 11) is 1.50. The van der Waals surface area contributed by atoms with Crippen LogP contribution in [0, 0.1) is 0 Å². The van der Waals surface area contributed by atoms with Gasteiger partial charge >= 0.3 is 0 Å².